The number of rotatable bonds is 4. The van der Waals surface area contributed by atoms with E-state index in [1.165, 1.54) is 24.4 Å². The Hall–Kier alpha value is -2.74. The smallest absolute Gasteiger partial charge is 0.270 e. The molecule has 0 fully saturated rings. The summed E-state index contributed by atoms with van der Waals surface area (Å²) in [6.07, 6.45) is 1.42. The SMILES string of the molecule is CCNC(=S)NN=Cc1c(O)ccc2cc([N+](=O)[O-])ccc12. The Morgan fingerprint density at radius 3 is 2.91 bits per heavy atom. The number of benzene rings is 2. The fraction of sp³-hybridized carbons (Fsp3) is 0.143. The van der Waals surface area contributed by atoms with E-state index in [0.717, 1.165) is 0 Å². The topological polar surface area (TPSA) is 99.8 Å². The standard InChI is InChI=1S/C14H14N4O3S/c1-2-15-14(22)17-16-8-12-11-5-4-10(18(20)21)7-9(11)3-6-13(12)19/h3-8,19H,2H2,1H3,(H2,15,17,22). The summed E-state index contributed by atoms with van der Waals surface area (Å²) in [6.45, 7) is 2.58. The fourth-order valence-corrected chi connectivity index (χ4v) is 2.13. The number of hydrazone groups is 1. The van der Waals surface area contributed by atoms with E-state index in [-0.39, 0.29) is 11.4 Å². The second-order valence-electron chi connectivity index (χ2n) is 4.39. The van der Waals surface area contributed by atoms with Crippen molar-refractivity contribution in [2.45, 2.75) is 6.92 Å². The molecule has 2 rings (SSSR count). The molecular weight excluding hydrogens is 304 g/mol. The Morgan fingerprint density at radius 1 is 1.45 bits per heavy atom. The van der Waals surface area contributed by atoms with Gasteiger partial charge in [-0.15, -0.1) is 0 Å². The predicted molar refractivity (Wildman–Crippen MR) is 89.3 cm³/mol. The fourth-order valence-electron chi connectivity index (χ4n) is 1.93. The highest BCUT2D eigenvalue weighted by molar-refractivity contribution is 7.80. The van der Waals surface area contributed by atoms with Crippen molar-refractivity contribution in [3.05, 3.63) is 46.0 Å². The lowest BCUT2D eigenvalue weighted by atomic mass is 10.0. The number of hydrogen-bond acceptors (Lipinski definition) is 5. The van der Waals surface area contributed by atoms with Gasteiger partial charge >= 0.3 is 0 Å². The van der Waals surface area contributed by atoms with Gasteiger partial charge in [-0.25, -0.2) is 0 Å². The number of non-ortho nitro benzene ring substituents is 1. The Labute approximate surface area is 131 Å². The average molecular weight is 318 g/mol. The van der Waals surface area contributed by atoms with Crippen molar-refractivity contribution in [1.82, 2.24) is 10.7 Å². The minimum absolute atomic E-state index is 0.00692. The van der Waals surface area contributed by atoms with Crippen molar-refractivity contribution in [1.29, 1.82) is 0 Å². The first-order valence-corrected chi connectivity index (χ1v) is 6.90. The van der Waals surface area contributed by atoms with E-state index in [1.54, 1.807) is 12.1 Å². The van der Waals surface area contributed by atoms with Crippen LogP contribution in [0.2, 0.25) is 0 Å². The Kier molecular flexibility index (Phi) is 4.84. The number of thiocarbonyl (C=S) groups is 1. The van der Waals surface area contributed by atoms with Gasteiger partial charge in [-0.05, 0) is 42.0 Å². The molecule has 0 amide bonds. The largest absolute Gasteiger partial charge is 0.507 e. The van der Waals surface area contributed by atoms with Gasteiger partial charge in [0.25, 0.3) is 5.69 Å². The number of hydrogen-bond donors (Lipinski definition) is 3. The van der Waals surface area contributed by atoms with Gasteiger partial charge in [0.05, 0.1) is 11.1 Å². The lowest BCUT2D eigenvalue weighted by molar-refractivity contribution is -0.384. The molecule has 3 N–H and O–H groups in total. The normalized spacial score (nSPS) is 10.8. The van der Waals surface area contributed by atoms with Gasteiger partial charge in [0.2, 0.25) is 0 Å². The second kappa shape index (κ2) is 6.81. The minimum Gasteiger partial charge on any atom is -0.507 e. The van der Waals surface area contributed by atoms with Gasteiger partial charge in [0.15, 0.2) is 5.11 Å². The third kappa shape index (κ3) is 3.47. The molecule has 0 aliphatic rings. The van der Waals surface area contributed by atoms with Crippen LogP contribution in [-0.4, -0.2) is 27.9 Å². The molecule has 0 saturated heterocycles. The van der Waals surface area contributed by atoms with Crippen molar-refractivity contribution in [2.24, 2.45) is 5.10 Å². The number of nitro groups is 1. The van der Waals surface area contributed by atoms with Gasteiger partial charge in [-0.3, -0.25) is 15.5 Å². The summed E-state index contributed by atoms with van der Waals surface area (Å²) in [5, 5.41) is 29.3. The van der Waals surface area contributed by atoms with Crippen molar-refractivity contribution >= 4 is 40.0 Å². The molecule has 0 unspecified atom stereocenters. The number of phenolic OH excluding ortho intramolecular Hbond substituents is 1. The molecule has 8 heteroatoms. The zero-order valence-corrected chi connectivity index (χ0v) is 12.6. The van der Waals surface area contributed by atoms with E-state index in [9.17, 15) is 15.2 Å². The highest BCUT2D eigenvalue weighted by atomic mass is 32.1. The second-order valence-corrected chi connectivity index (χ2v) is 4.80. The van der Waals surface area contributed by atoms with E-state index in [4.69, 9.17) is 12.2 Å². The summed E-state index contributed by atoms with van der Waals surface area (Å²) in [4.78, 5) is 10.3. The minimum atomic E-state index is -0.462. The zero-order chi connectivity index (χ0) is 16.1. The molecule has 0 atom stereocenters. The average Bonchev–Trinajstić information content (AvgIpc) is 2.49. The van der Waals surface area contributed by atoms with Crippen molar-refractivity contribution in [3.63, 3.8) is 0 Å². The van der Waals surface area contributed by atoms with Crippen LogP contribution in [0.15, 0.2) is 35.4 Å². The summed E-state index contributed by atoms with van der Waals surface area (Å²) in [6, 6.07) is 7.50. The van der Waals surface area contributed by atoms with Crippen LogP contribution in [0.4, 0.5) is 5.69 Å². The molecule has 0 aliphatic carbocycles. The zero-order valence-electron chi connectivity index (χ0n) is 11.7. The number of phenols is 1. The first kappa shape index (κ1) is 15.6. The van der Waals surface area contributed by atoms with Crippen LogP contribution in [0.5, 0.6) is 5.75 Å². The lowest BCUT2D eigenvalue weighted by Gasteiger charge is -2.06. The third-order valence-corrected chi connectivity index (χ3v) is 3.17. The number of nitrogens with one attached hydrogen (secondary N) is 2. The molecule has 22 heavy (non-hydrogen) atoms. The summed E-state index contributed by atoms with van der Waals surface area (Å²) in [5.41, 5.74) is 3.07. The molecule has 2 aromatic rings. The van der Waals surface area contributed by atoms with E-state index in [0.29, 0.717) is 28.0 Å². The Balaban J connectivity index is 2.36. The Morgan fingerprint density at radius 2 is 2.23 bits per heavy atom. The molecule has 0 heterocycles. The van der Waals surface area contributed by atoms with Gasteiger partial charge < -0.3 is 10.4 Å². The maximum atomic E-state index is 10.8. The molecule has 0 aromatic heterocycles. The van der Waals surface area contributed by atoms with Gasteiger partial charge in [0, 0.05) is 24.2 Å². The first-order chi connectivity index (χ1) is 10.5. The predicted octanol–water partition coefficient (Wildman–Crippen LogP) is 2.27. The molecular formula is C14H14N4O3S. The number of nitro benzene ring substituents is 1. The van der Waals surface area contributed by atoms with E-state index < -0.39 is 4.92 Å². The summed E-state index contributed by atoms with van der Waals surface area (Å²) in [7, 11) is 0. The third-order valence-electron chi connectivity index (χ3n) is 2.93. The molecule has 2 aromatic carbocycles. The molecule has 0 bridgehead atoms. The molecule has 7 nitrogen and oxygen atoms in total. The molecule has 114 valence electrons. The van der Waals surface area contributed by atoms with E-state index >= 15 is 0 Å². The van der Waals surface area contributed by atoms with Gasteiger partial charge in [-0.1, -0.05) is 6.07 Å². The Bertz CT molecular complexity index is 761. The van der Waals surface area contributed by atoms with Crippen LogP contribution in [0.1, 0.15) is 12.5 Å². The van der Waals surface area contributed by atoms with Gasteiger partial charge in [0.1, 0.15) is 5.75 Å². The molecule has 0 aliphatic heterocycles. The maximum Gasteiger partial charge on any atom is 0.270 e. The van der Waals surface area contributed by atoms with E-state index in [1.807, 2.05) is 6.92 Å². The van der Waals surface area contributed by atoms with Crippen molar-refractivity contribution in [2.75, 3.05) is 6.54 Å². The molecule has 0 saturated carbocycles. The van der Waals surface area contributed by atoms with Crippen LogP contribution in [0.3, 0.4) is 0 Å². The van der Waals surface area contributed by atoms with Crippen molar-refractivity contribution < 1.29 is 10.0 Å². The first-order valence-electron chi connectivity index (χ1n) is 6.50. The van der Waals surface area contributed by atoms with Crippen LogP contribution >= 0.6 is 12.2 Å². The van der Waals surface area contributed by atoms with Crippen LogP contribution in [0, 0.1) is 10.1 Å². The number of fused-ring (bicyclic) bond motifs is 1. The summed E-state index contributed by atoms with van der Waals surface area (Å²) >= 11 is 4.97. The van der Waals surface area contributed by atoms with Crippen LogP contribution in [0.25, 0.3) is 10.8 Å². The maximum absolute atomic E-state index is 10.8. The lowest BCUT2D eigenvalue weighted by Crippen LogP contribution is -2.31. The molecule has 0 radical (unpaired) electrons. The summed E-state index contributed by atoms with van der Waals surface area (Å²) in [5.74, 6) is 0.0290. The summed E-state index contributed by atoms with van der Waals surface area (Å²) < 4.78 is 0. The highest BCUT2D eigenvalue weighted by Gasteiger charge is 2.10. The monoisotopic (exact) mass is 318 g/mol. The molecule has 0 spiro atoms. The van der Waals surface area contributed by atoms with E-state index in [2.05, 4.69) is 15.8 Å². The van der Waals surface area contributed by atoms with Crippen LogP contribution < -0.4 is 10.7 Å². The number of aromatic hydroxyl groups is 1. The quantitative estimate of drug-likeness (QED) is 0.346. The van der Waals surface area contributed by atoms with Crippen molar-refractivity contribution in [3.8, 4) is 5.75 Å². The number of nitrogens with zero attached hydrogens (tertiary/aromatic N) is 2. The van der Waals surface area contributed by atoms with Crippen LogP contribution in [-0.2, 0) is 0 Å². The highest BCUT2D eigenvalue weighted by Crippen LogP contribution is 2.28. The van der Waals surface area contributed by atoms with Gasteiger partial charge in [-0.2, -0.15) is 5.10 Å².